The zero-order valence-corrected chi connectivity index (χ0v) is 17.4. The summed E-state index contributed by atoms with van der Waals surface area (Å²) in [5, 5.41) is 29.6. The largest absolute Gasteiger partial charge is 0.476 e. The molecule has 0 spiro atoms. The van der Waals surface area contributed by atoms with Crippen LogP contribution < -0.4 is 0 Å². The van der Waals surface area contributed by atoms with Crippen LogP contribution in [-0.2, 0) is 18.6 Å². The minimum atomic E-state index is -1.35. The highest BCUT2D eigenvalue weighted by Gasteiger charge is 2.31. The van der Waals surface area contributed by atoms with Gasteiger partial charge in [-0.05, 0) is 43.0 Å². The monoisotopic (exact) mass is 403 g/mol. The van der Waals surface area contributed by atoms with Crippen LogP contribution in [0.25, 0.3) is 11.1 Å². The fourth-order valence-corrected chi connectivity index (χ4v) is 3.66. The van der Waals surface area contributed by atoms with Crippen molar-refractivity contribution in [3.05, 3.63) is 76.9 Å². The molecule has 0 bridgehead atoms. The average Bonchev–Trinajstić information content (AvgIpc) is 3.08. The molecule has 0 radical (unpaired) electrons. The fraction of sp³-hybridized carbons (Fsp3) is 0.292. The lowest BCUT2D eigenvalue weighted by atomic mass is 9.99. The van der Waals surface area contributed by atoms with Crippen LogP contribution in [0.3, 0.4) is 0 Å². The lowest BCUT2D eigenvalue weighted by Crippen LogP contribution is -2.25. The number of carboxylic acid groups (broad SMARTS) is 1. The summed E-state index contributed by atoms with van der Waals surface area (Å²) >= 11 is 0. The lowest BCUT2D eigenvalue weighted by Gasteiger charge is -2.22. The molecule has 0 unspecified atom stereocenters. The van der Waals surface area contributed by atoms with Gasteiger partial charge in [-0.25, -0.2) is 9.78 Å². The Morgan fingerprint density at radius 3 is 2.40 bits per heavy atom. The van der Waals surface area contributed by atoms with Crippen molar-refractivity contribution in [2.75, 3.05) is 0 Å². The summed E-state index contributed by atoms with van der Waals surface area (Å²) in [7, 11) is 0. The molecule has 0 aliphatic heterocycles. The van der Waals surface area contributed by atoms with Gasteiger partial charge in [-0.15, -0.1) is 0 Å². The van der Waals surface area contributed by atoms with Crippen LogP contribution >= 0.6 is 0 Å². The maximum atomic E-state index is 11.7. The molecule has 0 fully saturated rings. The molecule has 0 aliphatic rings. The van der Waals surface area contributed by atoms with E-state index in [9.17, 15) is 20.3 Å². The highest BCUT2D eigenvalue weighted by molar-refractivity contribution is 5.87. The maximum absolute atomic E-state index is 11.7. The van der Waals surface area contributed by atoms with Crippen molar-refractivity contribution in [2.24, 2.45) is 0 Å². The van der Waals surface area contributed by atoms with E-state index in [0.29, 0.717) is 30.0 Å². The third-order valence-corrected chi connectivity index (χ3v) is 4.96. The number of carbonyl (C=O) groups is 1. The summed E-state index contributed by atoms with van der Waals surface area (Å²) in [5.41, 5.74) is 2.21. The summed E-state index contributed by atoms with van der Waals surface area (Å²) in [6.45, 7) is 5.55. The van der Waals surface area contributed by atoms with Gasteiger partial charge in [0.25, 0.3) is 0 Å². The molecular formula is C24H25N3O3. The summed E-state index contributed by atoms with van der Waals surface area (Å²) in [5.74, 6) is -0.502. The Labute approximate surface area is 176 Å². The molecule has 30 heavy (non-hydrogen) atoms. The van der Waals surface area contributed by atoms with Crippen LogP contribution in [0.5, 0.6) is 0 Å². The first-order valence-corrected chi connectivity index (χ1v) is 9.90. The highest BCUT2D eigenvalue weighted by Crippen LogP contribution is 2.28. The number of aromatic nitrogens is 2. The first kappa shape index (κ1) is 21.3. The molecule has 0 saturated carbocycles. The number of aryl methyl sites for hydroxylation is 1. The van der Waals surface area contributed by atoms with Crippen LogP contribution in [0.1, 0.15) is 60.3 Å². The third-order valence-electron chi connectivity index (χ3n) is 4.96. The molecule has 3 rings (SSSR count). The number of aliphatic hydroxyl groups is 1. The molecule has 0 saturated heterocycles. The molecule has 2 aromatic carbocycles. The van der Waals surface area contributed by atoms with Crippen molar-refractivity contribution in [3.63, 3.8) is 0 Å². The number of rotatable bonds is 7. The van der Waals surface area contributed by atoms with Gasteiger partial charge < -0.3 is 14.8 Å². The second kappa shape index (κ2) is 8.52. The summed E-state index contributed by atoms with van der Waals surface area (Å²) in [4.78, 5) is 16.1. The van der Waals surface area contributed by atoms with Crippen LogP contribution in [0.2, 0.25) is 0 Å². The van der Waals surface area contributed by atoms with Crippen molar-refractivity contribution in [3.8, 4) is 17.2 Å². The van der Waals surface area contributed by atoms with Crippen molar-refractivity contribution in [1.82, 2.24) is 9.55 Å². The molecule has 1 heterocycles. The standard InChI is InChI=1S/C24H25N3O3/c1-4-7-20-26-21(23(28)29)22(24(2,3)30)27(20)15-16-10-12-17(13-11-16)19-9-6-5-8-18(19)14-25/h5-6,8-13,30H,4,7,15H2,1-3H3,(H,28,29). The molecule has 2 N–H and O–H groups in total. The van der Waals surface area contributed by atoms with Crippen LogP contribution in [0.15, 0.2) is 48.5 Å². The van der Waals surface area contributed by atoms with Gasteiger partial charge in [-0.1, -0.05) is 49.4 Å². The third kappa shape index (κ3) is 4.27. The molecule has 1 aromatic heterocycles. The predicted octanol–water partition coefficient (Wildman–Crippen LogP) is 4.35. The van der Waals surface area contributed by atoms with Crippen LogP contribution in [0, 0.1) is 11.3 Å². The van der Waals surface area contributed by atoms with E-state index in [4.69, 9.17) is 0 Å². The van der Waals surface area contributed by atoms with E-state index in [1.807, 2.05) is 54.0 Å². The molecule has 0 atom stereocenters. The minimum absolute atomic E-state index is 0.106. The Bertz CT molecular complexity index is 1100. The number of hydrogen-bond acceptors (Lipinski definition) is 4. The highest BCUT2D eigenvalue weighted by atomic mass is 16.4. The van der Waals surface area contributed by atoms with Gasteiger partial charge in [0.05, 0.1) is 17.3 Å². The average molecular weight is 403 g/mol. The van der Waals surface area contributed by atoms with Gasteiger partial charge in [0, 0.05) is 13.0 Å². The minimum Gasteiger partial charge on any atom is -0.476 e. The number of nitrogens with zero attached hydrogens (tertiary/aromatic N) is 3. The van der Waals surface area contributed by atoms with E-state index in [1.54, 1.807) is 19.9 Å². The molecular weight excluding hydrogens is 378 g/mol. The molecule has 3 aromatic rings. The maximum Gasteiger partial charge on any atom is 0.356 e. The lowest BCUT2D eigenvalue weighted by molar-refractivity contribution is 0.0588. The Kier molecular flexibility index (Phi) is 6.04. The number of benzene rings is 2. The Morgan fingerprint density at radius 1 is 1.17 bits per heavy atom. The number of hydrogen-bond donors (Lipinski definition) is 2. The zero-order chi connectivity index (χ0) is 21.9. The SMILES string of the molecule is CCCc1nc(C(=O)O)c(C(C)(C)O)n1Cc1ccc(-c2ccccc2C#N)cc1. The number of aromatic carboxylic acids is 1. The summed E-state index contributed by atoms with van der Waals surface area (Å²) < 4.78 is 1.81. The van der Waals surface area contributed by atoms with E-state index in [2.05, 4.69) is 11.1 Å². The topological polar surface area (TPSA) is 99.1 Å². The Balaban J connectivity index is 2.02. The molecule has 0 aliphatic carbocycles. The summed E-state index contributed by atoms with van der Waals surface area (Å²) in [6, 6.07) is 17.4. The van der Waals surface area contributed by atoms with Crippen molar-refractivity contribution in [1.29, 1.82) is 5.26 Å². The second-order valence-corrected chi connectivity index (χ2v) is 7.78. The Morgan fingerprint density at radius 2 is 1.83 bits per heavy atom. The molecule has 154 valence electrons. The number of nitriles is 1. The van der Waals surface area contributed by atoms with E-state index in [0.717, 1.165) is 23.1 Å². The molecule has 0 amide bonds. The zero-order valence-electron chi connectivity index (χ0n) is 17.4. The van der Waals surface area contributed by atoms with Crippen LogP contribution in [-0.4, -0.2) is 25.7 Å². The molecule has 6 nitrogen and oxygen atoms in total. The van der Waals surface area contributed by atoms with E-state index in [1.165, 1.54) is 0 Å². The summed E-state index contributed by atoms with van der Waals surface area (Å²) in [6.07, 6.45) is 1.43. The van der Waals surface area contributed by atoms with Gasteiger partial charge in [-0.2, -0.15) is 5.26 Å². The first-order chi connectivity index (χ1) is 14.3. The number of carboxylic acids is 1. The first-order valence-electron chi connectivity index (χ1n) is 9.90. The van der Waals surface area contributed by atoms with Crippen molar-refractivity contribution >= 4 is 5.97 Å². The van der Waals surface area contributed by atoms with Crippen LogP contribution in [0.4, 0.5) is 0 Å². The Hall–Kier alpha value is -3.43. The molecule has 6 heteroatoms. The quantitative estimate of drug-likeness (QED) is 0.611. The fourth-order valence-electron chi connectivity index (χ4n) is 3.66. The second-order valence-electron chi connectivity index (χ2n) is 7.78. The van der Waals surface area contributed by atoms with E-state index < -0.39 is 11.6 Å². The van der Waals surface area contributed by atoms with Gasteiger partial charge in [0.2, 0.25) is 0 Å². The normalized spacial score (nSPS) is 11.3. The van der Waals surface area contributed by atoms with Gasteiger partial charge in [0.15, 0.2) is 5.69 Å². The van der Waals surface area contributed by atoms with E-state index in [-0.39, 0.29) is 5.69 Å². The van der Waals surface area contributed by atoms with Gasteiger partial charge in [0.1, 0.15) is 11.4 Å². The predicted molar refractivity (Wildman–Crippen MR) is 114 cm³/mol. The van der Waals surface area contributed by atoms with Gasteiger partial charge in [-0.3, -0.25) is 0 Å². The van der Waals surface area contributed by atoms with Gasteiger partial charge >= 0.3 is 5.97 Å². The van der Waals surface area contributed by atoms with Crippen molar-refractivity contribution < 1.29 is 15.0 Å². The number of imidazole rings is 1. The van der Waals surface area contributed by atoms with E-state index >= 15 is 0 Å². The smallest absolute Gasteiger partial charge is 0.356 e. The van der Waals surface area contributed by atoms with Crippen molar-refractivity contribution in [2.45, 2.75) is 45.8 Å².